The van der Waals surface area contributed by atoms with E-state index in [4.69, 9.17) is 5.73 Å². The first kappa shape index (κ1) is 5.35. The molecule has 0 bridgehead atoms. The van der Waals surface area contributed by atoms with Gasteiger partial charge in [0.15, 0.2) is 0 Å². The summed E-state index contributed by atoms with van der Waals surface area (Å²) in [5.74, 6) is 1.74. The van der Waals surface area contributed by atoms with Gasteiger partial charge in [-0.3, -0.25) is 0 Å². The van der Waals surface area contributed by atoms with Crippen LogP contribution in [0.5, 0.6) is 0 Å². The summed E-state index contributed by atoms with van der Waals surface area (Å²) < 4.78 is 0. The van der Waals surface area contributed by atoms with Crippen LogP contribution in [0.15, 0.2) is 5.70 Å². The molecule has 0 aliphatic carbocycles. The number of carbonyl (C=O) groups excluding carboxylic acids is 1. The van der Waals surface area contributed by atoms with Crippen molar-refractivity contribution in [2.75, 3.05) is 6.54 Å². The normalized spacial score (nSPS) is 27.1. The van der Waals surface area contributed by atoms with Crippen LogP contribution in [-0.4, -0.2) is 18.5 Å². The first-order chi connectivity index (χ1) is 3.84. The molecular weight excluding hydrogens is 104 g/mol. The summed E-state index contributed by atoms with van der Waals surface area (Å²) in [4.78, 5) is 9.91. The predicted octanol–water partition coefficient (Wildman–Crippen LogP) is -0.977. The smallest absolute Gasteiger partial charge is 0.147 e. The maximum absolute atomic E-state index is 9.91. The van der Waals surface area contributed by atoms with Crippen LogP contribution in [0.25, 0.3) is 0 Å². The molecular formula is C5H8N2O. The number of nitrogens with one attached hydrogen (secondary N) is 1. The van der Waals surface area contributed by atoms with Gasteiger partial charge in [-0.15, -0.1) is 0 Å². The lowest BCUT2D eigenvalue weighted by atomic mass is 10.2. The molecule has 3 heteroatoms. The number of hydrogen-bond acceptors (Lipinski definition) is 3. The van der Waals surface area contributed by atoms with Crippen molar-refractivity contribution in [3.05, 3.63) is 5.70 Å². The second-order valence-electron chi connectivity index (χ2n) is 1.84. The van der Waals surface area contributed by atoms with Crippen molar-refractivity contribution in [1.29, 1.82) is 0 Å². The summed E-state index contributed by atoms with van der Waals surface area (Å²) in [6.45, 7) is 0.811. The van der Waals surface area contributed by atoms with Gasteiger partial charge in [0.05, 0.1) is 6.04 Å². The number of nitrogens with two attached hydrogens (primary N) is 1. The zero-order valence-corrected chi connectivity index (χ0v) is 4.48. The Morgan fingerprint density at radius 2 is 2.62 bits per heavy atom. The van der Waals surface area contributed by atoms with Crippen molar-refractivity contribution in [2.24, 2.45) is 5.73 Å². The van der Waals surface area contributed by atoms with Crippen molar-refractivity contribution >= 4 is 5.94 Å². The van der Waals surface area contributed by atoms with Gasteiger partial charge in [0, 0.05) is 6.54 Å². The number of hydrogen-bond donors (Lipinski definition) is 2. The second-order valence-corrected chi connectivity index (χ2v) is 1.84. The highest BCUT2D eigenvalue weighted by Gasteiger charge is 2.15. The minimum atomic E-state index is -0.0903. The lowest BCUT2D eigenvalue weighted by Crippen LogP contribution is -2.20. The van der Waals surface area contributed by atoms with Crippen LogP contribution < -0.4 is 11.1 Å². The zero-order chi connectivity index (χ0) is 5.98. The molecule has 0 spiro atoms. The molecule has 8 heavy (non-hydrogen) atoms. The Bertz CT molecular complexity index is 137. The van der Waals surface area contributed by atoms with Gasteiger partial charge in [-0.1, -0.05) is 0 Å². The first-order valence-corrected chi connectivity index (χ1v) is 2.59. The molecule has 0 amide bonds. The minimum absolute atomic E-state index is 0.0903. The molecule has 3 nitrogen and oxygen atoms in total. The largest absolute Gasteiger partial charge is 0.378 e. The molecule has 0 saturated carbocycles. The van der Waals surface area contributed by atoms with Gasteiger partial charge in [0.2, 0.25) is 0 Å². The molecule has 0 aromatic carbocycles. The van der Waals surface area contributed by atoms with E-state index in [0.717, 1.165) is 13.0 Å². The molecule has 44 valence electrons. The van der Waals surface area contributed by atoms with Crippen molar-refractivity contribution in [1.82, 2.24) is 5.32 Å². The predicted molar refractivity (Wildman–Crippen MR) is 29.8 cm³/mol. The van der Waals surface area contributed by atoms with Gasteiger partial charge in [-0.25, -0.2) is 4.79 Å². The molecule has 0 radical (unpaired) electrons. The van der Waals surface area contributed by atoms with Crippen LogP contribution in [0, 0.1) is 0 Å². The van der Waals surface area contributed by atoms with E-state index >= 15 is 0 Å². The summed E-state index contributed by atoms with van der Waals surface area (Å²) in [7, 11) is 0. The van der Waals surface area contributed by atoms with E-state index in [2.05, 4.69) is 5.32 Å². The van der Waals surface area contributed by atoms with E-state index in [1.807, 2.05) is 0 Å². The van der Waals surface area contributed by atoms with E-state index in [9.17, 15) is 4.79 Å². The average molecular weight is 112 g/mol. The fourth-order valence-corrected chi connectivity index (χ4v) is 0.750. The van der Waals surface area contributed by atoms with Crippen LogP contribution in [0.4, 0.5) is 0 Å². The van der Waals surface area contributed by atoms with Gasteiger partial charge < -0.3 is 11.1 Å². The van der Waals surface area contributed by atoms with E-state index in [1.54, 1.807) is 5.94 Å². The highest BCUT2D eigenvalue weighted by molar-refractivity contribution is 5.54. The topological polar surface area (TPSA) is 55.1 Å². The number of rotatable bonds is 0. The Morgan fingerprint density at radius 1 is 1.88 bits per heavy atom. The summed E-state index contributed by atoms with van der Waals surface area (Å²) >= 11 is 0. The van der Waals surface area contributed by atoms with Crippen molar-refractivity contribution < 1.29 is 4.79 Å². The van der Waals surface area contributed by atoms with Crippen LogP contribution in [0.1, 0.15) is 6.42 Å². The van der Waals surface area contributed by atoms with Gasteiger partial charge >= 0.3 is 0 Å². The first-order valence-electron chi connectivity index (χ1n) is 2.59. The molecule has 1 heterocycles. The highest BCUT2D eigenvalue weighted by atomic mass is 16.1. The fourth-order valence-electron chi connectivity index (χ4n) is 0.750. The zero-order valence-electron chi connectivity index (χ0n) is 4.48. The van der Waals surface area contributed by atoms with Crippen LogP contribution in [-0.2, 0) is 4.79 Å². The van der Waals surface area contributed by atoms with Crippen LogP contribution >= 0.6 is 0 Å². The maximum atomic E-state index is 9.91. The Labute approximate surface area is 47.6 Å². The SMILES string of the molecule is NC1CCNC1=C=O. The molecule has 0 aromatic rings. The summed E-state index contributed by atoms with van der Waals surface area (Å²) in [5, 5.41) is 2.82. The van der Waals surface area contributed by atoms with Gasteiger partial charge in [-0.2, -0.15) is 0 Å². The molecule has 1 saturated heterocycles. The molecule has 1 rings (SSSR count). The lowest BCUT2D eigenvalue weighted by Gasteiger charge is -1.95. The lowest BCUT2D eigenvalue weighted by molar-refractivity contribution is 0.564. The molecule has 3 N–H and O–H groups in total. The minimum Gasteiger partial charge on any atom is -0.378 e. The Hall–Kier alpha value is -0.790. The molecule has 0 aromatic heterocycles. The van der Waals surface area contributed by atoms with Crippen LogP contribution in [0.2, 0.25) is 0 Å². The summed E-state index contributed by atoms with van der Waals surface area (Å²) in [6, 6.07) is -0.0903. The fraction of sp³-hybridized carbons (Fsp3) is 0.600. The molecule has 1 aliphatic rings. The van der Waals surface area contributed by atoms with Gasteiger partial charge in [-0.05, 0) is 6.42 Å². The second kappa shape index (κ2) is 1.99. The molecule has 1 atom stereocenters. The molecule has 1 unspecified atom stereocenters. The highest BCUT2D eigenvalue weighted by Crippen LogP contribution is 2.02. The average Bonchev–Trinajstić information content (AvgIpc) is 2.14. The Kier molecular flexibility index (Phi) is 1.33. The van der Waals surface area contributed by atoms with Crippen molar-refractivity contribution in [3.8, 4) is 0 Å². The van der Waals surface area contributed by atoms with E-state index in [1.165, 1.54) is 0 Å². The third-order valence-electron chi connectivity index (χ3n) is 1.25. The Balaban J connectivity index is 2.68. The standard InChI is InChI=1S/C5H8N2O/c6-4-1-2-7-5(4)3-8/h4,7H,1-2,6H2. The van der Waals surface area contributed by atoms with E-state index in [0.29, 0.717) is 5.70 Å². The van der Waals surface area contributed by atoms with Crippen LogP contribution in [0.3, 0.4) is 0 Å². The third-order valence-corrected chi connectivity index (χ3v) is 1.25. The summed E-state index contributed by atoms with van der Waals surface area (Å²) in [5.41, 5.74) is 5.95. The molecule has 1 fully saturated rings. The third kappa shape index (κ3) is 0.735. The summed E-state index contributed by atoms with van der Waals surface area (Å²) in [6.07, 6.45) is 0.852. The quantitative estimate of drug-likeness (QED) is 0.396. The Morgan fingerprint density at radius 3 is 2.88 bits per heavy atom. The van der Waals surface area contributed by atoms with Crippen molar-refractivity contribution in [3.63, 3.8) is 0 Å². The molecule has 1 aliphatic heterocycles. The van der Waals surface area contributed by atoms with Crippen molar-refractivity contribution in [2.45, 2.75) is 12.5 Å². The maximum Gasteiger partial charge on any atom is 0.147 e. The monoisotopic (exact) mass is 112 g/mol. The van der Waals surface area contributed by atoms with Gasteiger partial charge in [0.25, 0.3) is 0 Å². The van der Waals surface area contributed by atoms with E-state index < -0.39 is 0 Å². The van der Waals surface area contributed by atoms with Gasteiger partial charge in [0.1, 0.15) is 11.6 Å². The van der Waals surface area contributed by atoms with E-state index in [-0.39, 0.29) is 6.04 Å².